The van der Waals surface area contributed by atoms with Crippen LogP contribution in [0.4, 0.5) is 0 Å². The summed E-state index contributed by atoms with van der Waals surface area (Å²) < 4.78 is 17.2. The molecule has 0 bridgehead atoms. The monoisotopic (exact) mass is 602 g/mol. The molecule has 1 N–H and O–H groups in total. The van der Waals surface area contributed by atoms with Crippen LogP contribution in [0.2, 0.25) is 0 Å². The Morgan fingerprint density at radius 1 is 1.05 bits per heavy atom. The number of esters is 2. The topological polar surface area (TPSA) is 111 Å². The van der Waals surface area contributed by atoms with Crippen molar-refractivity contribution in [3.63, 3.8) is 0 Å². The highest BCUT2D eigenvalue weighted by Crippen LogP contribution is 2.40. The standard InChI is InChI=1S/C27H27BrN2O7S/c1-16(2)26(33)37-13-18-15-38-25-22(29-21(31)14-35-20-10-6-9-19(28)11-20)24(32)30(25)23(18)27(34)36-12-17-7-4-3-5-8-17/h3-11,15-16,22-23,25H,12-14H2,1-2H3,(H,29,31)/t22?,23?,25-/m1/s1. The summed E-state index contributed by atoms with van der Waals surface area (Å²) in [4.78, 5) is 52.3. The van der Waals surface area contributed by atoms with Crippen molar-refractivity contribution in [2.45, 2.75) is 37.9 Å². The fourth-order valence-electron chi connectivity index (χ4n) is 3.87. The zero-order valence-corrected chi connectivity index (χ0v) is 23.2. The molecule has 1 fully saturated rings. The first kappa shape index (κ1) is 27.7. The van der Waals surface area contributed by atoms with Gasteiger partial charge in [-0.05, 0) is 29.2 Å². The van der Waals surface area contributed by atoms with Gasteiger partial charge in [-0.3, -0.25) is 14.4 Å². The Morgan fingerprint density at radius 3 is 2.53 bits per heavy atom. The van der Waals surface area contributed by atoms with Gasteiger partial charge < -0.3 is 24.4 Å². The maximum absolute atomic E-state index is 13.2. The summed E-state index contributed by atoms with van der Waals surface area (Å²) in [7, 11) is 0. The highest BCUT2D eigenvalue weighted by atomic mass is 79.9. The summed E-state index contributed by atoms with van der Waals surface area (Å²) >= 11 is 4.61. The first-order chi connectivity index (χ1) is 18.2. The molecule has 3 atom stereocenters. The lowest BCUT2D eigenvalue weighted by atomic mass is 9.98. The second-order valence-corrected chi connectivity index (χ2v) is 10.9. The van der Waals surface area contributed by atoms with Gasteiger partial charge in [0, 0.05) is 10.0 Å². The third-order valence-corrected chi connectivity index (χ3v) is 7.56. The molecular formula is C27H27BrN2O7S. The van der Waals surface area contributed by atoms with Crippen molar-refractivity contribution in [2.24, 2.45) is 5.92 Å². The van der Waals surface area contributed by atoms with Crippen LogP contribution in [-0.4, -0.2) is 59.3 Å². The number of carbonyl (C=O) groups excluding carboxylic acids is 4. The van der Waals surface area contributed by atoms with Crippen molar-refractivity contribution in [1.82, 2.24) is 10.2 Å². The van der Waals surface area contributed by atoms with Crippen molar-refractivity contribution < 1.29 is 33.4 Å². The van der Waals surface area contributed by atoms with E-state index >= 15 is 0 Å². The number of benzene rings is 2. The van der Waals surface area contributed by atoms with E-state index in [1.807, 2.05) is 36.4 Å². The summed E-state index contributed by atoms with van der Waals surface area (Å²) in [6.07, 6.45) is 0. The maximum Gasteiger partial charge on any atom is 0.333 e. The second-order valence-electron chi connectivity index (χ2n) is 9.01. The number of fused-ring (bicyclic) bond motifs is 1. The molecule has 0 radical (unpaired) electrons. The predicted molar refractivity (Wildman–Crippen MR) is 144 cm³/mol. The van der Waals surface area contributed by atoms with E-state index < -0.39 is 41.2 Å². The molecule has 4 rings (SSSR count). The molecule has 1 saturated heterocycles. The summed E-state index contributed by atoms with van der Waals surface area (Å²) in [6.45, 7) is 3.03. The minimum atomic E-state index is -1.07. The van der Waals surface area contributed by atoms with Crippen LogP contribution in [0.3, 0.4) is 0 Å². The van der Waals surface area contributed by atoms with E-state index in [-0.39, 0.29) is 25.7 Å². The third kappa shape index (κ3) is 6.57. The van der Waals surface area contributed by atoms with E-state index in [1.165, 1.54) is 16.7 Å². The molecule has 0 aliphatic carbocycles. The van der Waals surface area contributed by atoms with Crippen LogP contribution >= 0.6 is 27.7 Å². The number of amides is 2. The molecule has 2 heterocycles. The van der Waals surface area contributed by atoms with Gasteiger partial charge >= 0.3 is 11.9 Å². The fraction of sp³-hybridized carbons (Fsp3) is 0.333. The number of ether oxygens (including phenoxy) is 3. The fourth-order valence-corrected chi connectivity index (χ4v) is 5.45. The molecule has 2 aromatic rings. The smallest absolute Gasteiger partial charge is 0.333 e. The number of thioether (sulfide) groups is 1. The first-order valence-electron chi connectivity index (χ1n) is 12.0. The number of halogens is 1. The number of β-lactam (4-membered cyclic amide) rings is 1. The molecule has 38 heavy (non-hydrogen) atoms. The molecule has 0 saturated carbocycles. The van der Waals surface area contributed by atoms with E-state index in [2.05, 4.69) is 21.2 Å². The van der Waals surface area contributed by atoms with Gasteiger partial charge in [-0.2, -0.15) is 0 Å². The van der Waals surface area contributed by atoms with Crippen LogP contribution < -0.4 is 10.1 Å². The Kier molecular flexibility index (Phi) is 9.11. The molecule has 2 aliphatic rings. The molecule has 200 valence electrons. The molecule has 0 aromatic heterocycles. The van der Waals surface area contributed by atoms with Gasteiger partial charge in [0.1, 0.15) is 30.4 Å². The summed E-state index contributed by atoms with van der Waals surface area (Å²) in [5.74, 6) is -1.78. The van der Waals surface area contributed by atoms with Crippen molar-refractivity contribution in [3.8, 4) is 5.75 Å². The second kappa shape index (κ2) is 12.5. The first-order valence-corrected chi connectivity index (χ1v) is 13.7. The highest BCUT2D eigenvalue weighted by Gasteiger charge is 2.56. The van der Waals surface area contributed by atoms with Crippen LogP contribution in [0, 0.1) is 5.92 Å². The van der Waals surface area contributed by atoms with Gasteiger partial charge in [0.25, 0.3) is 5.91 Å². The number of nitrogens with zero attached hydrogens (tertiary/aromatic N) is 1. The SMILES string of the molecule is CC(C)C(=O)OCC1=CS[C@@H]2C(NC(=O)COc3cccc(Br)c3)C(=O)N2C1C(=O)OCc1ccccc1. The van der Waals surface area contributed by atoms with Gasteiger partial charge in [0.05, 0.1) is 5.92 Å². The lowest BCUT2D eigenvalue weighted by molar-refractivity contribution is -0.164. The lowest BCUT2D eigenvalue weighted by Crippen LogP contribution is -2.74. The minimum Gasteiger partial charge on any atom is -0.484 e. The molecule has 2 unspecified atom stereocenters. The number of carbonyl (C=O) groups is 4. The Morgan fingerprint density at radius 2 is 1.82 bits per heavy atom. The quantitative estimate of drug-likeness (QED) is 0.325. The van der Waals surface area contributed by atoms with E-state index in [0.717, 1.165) is 10.0 Å². The number of hydrogen-bond acceptors (Lipinski definition) is 8. The molecule has 2 aromatic carbocycles. The Bertz CT molecular complexity index is 1240. The van der Waals surface area contributed by atoms with E-state index in [1.54, 1.807) is 37.5 Å². The zero-order valence-electron chi connectivity index (χ0n) is 20.8. The van der Waals surface area contributed by atoms with Crippen LogP contribution in [-0.2, 0) is 35.3 Å². The van der Waals surface area contributed by atoms with Gasteiger partial charge in [-0.25, -0.2) is 4.79 Å². The zero-order chi connectivity index (χ0) is 27.2. The molecular weight excluding hydrogens is 576 g/mol. The molecule has 2 amide bonds. The van der Waals surface area contributed by atoms with Gasteiger partial charge in [0.2, 0.25) is 5.91 Å². The molecule has 9 nitrogen and oxygen atoms in total. The van der Waals surface area contributed by atoms with Crippen LogP contribution in [0.15, 0.2) is 70.1 Å². The summed E-state index contributed by atoms with van der Waals surface area (Å²) in [6, 6.07) is 14.3. The van der Waals surface area contributed by atoms with Crippen LogP contribution in [0.1, 0.15) is 19.4 Å². The van der Waals surface area contributed by atoms with Crippen LogP contribution in [0.5, 0.6) is 5.75 Å². The number of nitrogens with one attached hydrogen (secondary N) is 1. The average Bonchev–Trinajstić information content (AvgIpc) is 2.92. The van der Waals surface area contributed by atoms with Crippen molar-refractivity contribution in [2.75, 3.05) is 13.2 Å². The number of hydrogen-bond donors (Lipinski definition) is 1. The minimum absolute atomic E-state index is 0.0299. The molecule has 2 aliphatic heterocycles. The summed E-state index contributed by atoms with van der Waals surface area (Å²) in [5.41, 5.74) is 1.24. The van der Waals surface area contributed by atoms with Gasteiger partial charge in [-0.1, -0.05) is 66.2 Å². The van der Waals surface area contributed by atoms with Crippen LogP contribution in [0.25, 0.3) is 0 Å². The third-order valence-electron chi connectivity index (χ3n) is 5.85. The van der Waals surface area contributed by atoms with E-state index in [9.17, 15) is 19.2 Å². The number of rotatable bonds is 10. The molecule has 0 spiro atoms. The Labute approximate surface area is 233 Å². The van der Waals surface area contributed by atoms with Gasteiger partial charge in [0.15, 0.2) is 12.6 Å². The van der Waals surface area contributed by atoms with Crippen molar-refractivity contribution in [3.05, 3.63) is 75.6 Å². The highest BCUT2D eigenvalue weighted by molar-refractivity contribution is 9.10. The average molecular weight is 603 g/mol. The predicted octanol–water partition coefficient (Wildman–Crippen LogP) is 3.42. The molecule has 11 heteroatoms. The summed E-state index contributed by atoms with van der Waals surface area (Å²) in [5, 5.41) is 3.88. The normalized spacial score (nSPS) is 20.1. The van der Waals surface area contributed by atoms with E-state index in [4.69, 9.17) is 14.2 Å². The van der Waals surface area contributed by atoms with E-state index in [0.29, 0.717) is 11.3 Å². The lowest BCUT2D eigenvalue weighted by Gasteiger charge is -2.51. The van der Waals surface area contributed by atoms with Crippen molar-refractivity contribution in [1.29, 1.82) is 0 Å². The van der Waals surface area contributed by atoms with Crippen molar-refractivity contribution >= 4 is 51.4 Å². The largest absolute Gasteiger partial charge is 0.484 e. The maximum atomic E-state index is 13.2. The van der Waals surface area contributed by atoms with Gasteiger partial charge in [-0.15, -0.1) is 11.8 Å². The Balaban J connectivity index is 1.42. The Hall–Kier alpha value is -3.31.